The zero-order chi connectivity index (χ0) is 18.4. The summed E-state index contributed by atoms with van der Waals surface area (Å²) in [6, 6.07) is 17.9. The Kier molecular flexibility index (Phi) is 3.67. The number of rotatable bonds is 4. The van der Waals surface area contributed by atoms with Gasteiger partial charge in [-0.15, -0.1) is 0 Å². The highest BCUT2D eigenvalue weighted by Crippen LogP contribution is 2.48. The molecule has 0 amide bonds. The lowest BCUT2D eigenvalue weighted by molar-refractivity contribution is 0.101. The van der Waals surface area contributed by atoms with Crippen molar-refractivity contribution < 1.29 is 13.5 Å². The van der Waals surface area contributed by atoms with Gasteiger partial charge in [0.15, 0.2) is 0 Å². The van der Waals surface area contributed by atoms with E-state index in [0.717, 1.165) is 34.0 Å². The molecule has 6 heteroatoms. The molecule has 1 N–H and O–H groups in total. The number of anilines is 1. The van der Waals surface area contributed by atoms with Crippen LogP contribution in [0.5, 0.6) is 5.75 Å². The summed E-state index contributed by atoms with van der Waals surface area (Å²) in [7, 11) is 0. The Balaban J connectivity index is 1.34. The van der Waals surface area contributed by atoms with E-state index in [1.165, 1.54) is 0 Å². The number of ether oxygens (including phenoxy) is 1. The van der Waals surface area contributed by atoms with E-state index >= 15 is 0 Å². The average molecular weight is 367 g/mol. The van der Waals surface area contributed by atoms with Crippen molar-refractivity contribution in [1.29, 1.82) is 0 Å². The third-order valence-corrected chi connectivity index (χ3v) is 5.20. The van der Waals surface area contributed by atoms with E-state index < -0.39 is 11.8 Å². The molecular formula is C21H19F2N3O. The average Bonchev–Trinajstić information content (AvgIpc) is 3.16. The summed E-state index contributed by atoms with van der Waals surface area (Å²) in [6.07, 6.45) is -0.0215. The third-order valence-electron chi connectivity index (χ3n) is 5.20. The lowest BCUT2D eigenvalue weighted by Gasteiger charge is -2.11. The molecule has 5 rings (SSSR count). The van der Waals surface area contributed by atoms with Crippen molar-refractivity contribution in [3.63, 3.8) is 0 Å². The fraction of sp³-hybridized carbons (Fsp3) is 0.286. The van der Waals surface area contributed by atoms with Gasteiger partial charge in [-0.25, -0.2) is 8.78 Å². The van der Waals surface area contributed by atoms with E-state index in [-0.39, 0.29) is 13.0 Å². The minimum Gasteiger partial charge on any atom is -0.487 e. The molecule has 1 aliphatic carbocycles. The Bertz CT molecular complexity index is 984. The van der Waals surface area contributed by atoms with Crippen molar-refractivity contribution in [3.05, 3.63) is 65.9 Å². The number of fused-ring (bicyclic) bond motifs is 2. The fourth-order valence-corrected chi connectivity index (χ4v) is 3.43. The lowest BCUT2D eigenvalue weighted by Crippen LogP contribution is -2.08. The Morgan fingerprint density at radius 1 is 1.15 bits per heavy atom. The third kappa shape index (κ3) is 3.16. The molecule has 0 radical (unpaired) electrons. The van der Waals surface area contributed by atoms with Crippen LogP contribution in [0.25, 0.3) is 11.3 Å². The molecule has 138 valence electrons. The van der Waals surface area contributed by atoms with E-state index in [1.807, 2.05) is 53.2 Å². The van der Waals surface area contributed by atoms with Gasteiger partial charge in [0.25, 0.3) is 5.92 Å². The zero-order valence-electron chi connectivity index (χ0n) is 14.7. The maximum absolute atomic E-state index is 13.0. The van der Waals surface area contributed by atoms with Gasteiger partial charge in [0, 0.05) is 41.8 Å². The van der Waals surface area contributed by atoms with Crippen LogP contribution >= 0.6 is 0 Å². The van der Waals surface area contributed by atoms with Crippen molar-refractivity contribution in [2.45, 2.75) is 25.5 Å². The quantitative estimate of drug-likeness (QED) is 0.735. The number of nitrogens with one attached hydrogen (secondary N) is 1. The van der Waals surface area contributed by atoms with Crippen LogP contribution in [0, 0.1) is 5.92 Å². The zero-order valence-corrected chi connectivity index (χ0v) is 14.7. The smallest absolute Gasteiger partial charge is 0.253 e. The molecular weight excluding hydrogens is 348 g/mol. The van der Waals surface area contributed by atoms with Gasteiger partial charge in [-0.1, -0.05) is 36.4 Å². The van der Waals surface area contributed by atoms with E-state index in [4.69, 9.17) is 9.84 Å². The van der Waals surface area contributed by atoms with Crippen molar-refractivity contribution in [3.8, 4) is 17.0 Å². The van der Waals surface area contributed by atoms with Gasteiger partial charge in [0.1, 0.15) is 12.4 Å². The predicted octanol–water partition coefficient (Wildman–Crippen LogP) is 4.56. The Morgan fingerprint density at radius 2 is 1.96 bits per heavy atom. The molecule has 2 aliphatic rings. The van der Waals surface area contributed by atoms with E-state index in [9.17, 15) is 8.78 Å². The summed E-state index contributed by atoms with van der Waals surface area (Å²) >= 11 is 0. The highest BCUT2D eigenvalue weighted by Gasteiger charge is 2.56. The molecule has 1 atom stereocenters. The largest absolute Gasteiger partial charge is 0.487 e. The van der Waals surface area contributed by atoms with Crippen LogP contribution in [-0.4, -0.2) is 22.2 Å². The topological polar surface area (TPSA) is 39.1 Å². The summed E-state index contributed by atoms with van der Waals surface area (Å²) in [6.45, 7) is 1.34. The second kappa shape index (κ2) is 6.08. The van der Waals surface area contributed by atoms with Crippen molar-refractivity contribution >= 4 is 5.69 Å². The summed E-state index contributed by atoms with van der Waals surface area (Å²) in [5, 5.41) is 7.82. The van der Waals surface area contributed by atoms with Crippen molar-refractivity contribution in [1.82, 2.24) is 9.78 Å². The maximum atomic E-state index is 13.0. The number of hydrogen-bond acceptors (Lipinski definition) is 3. The second-order valence-corrected chi connectivity index (χ2v) is 7.20. The first-order valence-electron chi connectivity index (χ1n) is 9.08. The molecule has 1 saturated carbocycles. The van der Waals surface area contributed by atoms with Crippen molar-refractivity contribution in [2.75, 3.05) is 11.9 Å². The number of alkyl halides is 2. The number of benzene rings is 2. The standard InChI is InChI=1S/C21H19F2N3O/c22-21(23)10-16(21)11-24-17-7-6-15-12-26-18(13-27-20(15)8-17)9-19(25-26)14-4-2-1-3-5-14/h1-9,16,24H,10-13H2. The molecule has 2 aromatic carbocycles. The van der Waals surface area contributed by atoms with Gasteiger partial charge >= 0.3 is 0 Å². The molecule has 4 nitrogen and oxygen atoms in total. The Hall–Kier alpha value is -2.89. The fourth-order valence-electron chi connectivity index (χ4n) is 3.43. The number of hydrogen-bond donors (Lipinski definition) is 1. The summed E-state index contributed by atoms with van der Waals surface area (Å²) in [5.41, 5.74) is 4.85. The summed E-state index contributed by atoms with van der Waals surface area (Å²) in [5.74, 6) is -2.28. The molecule has 1 fully saturated rings. The molecule has 1 aromatic heterocycles. The minimum atomic E-state index is -2.50. The molecule has 0 spiro atoms. The van der Waals surface area contributed by atoms with Crippen LogP contribution in [0.2, 0.25) is 0 Å². The predicted molar refractivity (Wildman–Crippen MR) is 99.1 cm³/mol. The van der Waals surface area contributed by atoms with E-state index in [1.54, 1.807) is 0 Å². The molecule has 1 unspecified atom stereocenters. The van der Waals surface area contributed by atoms with Crippen LogP contribution < -0.4 is 10.1 Å². The Labute approximate surface area is 155 Å². The molecule has 27 heavy (non-hydrogen) atoms. The van der Waals surface area contributed by atoms with Gasteiger partial charge in [0.05, 0.1) is 17.9 Å². The Morgan fingerprint density at radius 3 is 2.74 bits per heavy atom. The lowest BCUT2D eigenvalue weighted by atomic mass is 10.1. The van der Waals surface area contributed by atoms with Crippen LogP contribution in [0.4, 0.5) is 14.5 Å². The van der Waals surface area contributed by atoms with Crippen LogP contribution in [0.15, 0.2) is 54.6 Å². The maximum Gasteiger partial charge on any atom is 0.253 e. The van der Waals surface area contributed by atoms with Crippen LogP contribution in [0.3, 0.4) is 0 Å². The van der Waals surface area contributed by atoms with Gasteiger partial charge in [-0.2, -0.15) is 5.10 Å². The first-order chi connectivity index (χ1) is 13.1. The van der Waals surface area contributed by atoms with Crippen molar-refractivity contribution in [2.24, 2.45) is 5.92 Å². The second-order valence-electron chi connectivity index (χ2n) is 7.20. The molecule has 3 aromatic rings. The highest BCUT2D eigenvalue weighted by atomic mass is 19.3. The first kappa shape index (κ1) is 16.3. The SMILES string of the molecule is FC1(F)CC1CNc1ccc2c(c1)OCc1cc(-c3ccccc3)nn1C2. The number of halogens is 2. The van der Waals surface area contributed by atoms with E-state index in [0.29, 0.717) is 13.2 Å². The highest BCUT2D eigenvalue weighted by molar-refractivity contribution is 5.59. The van der Waals surface area contributed by atoms with E-state index in [2.05, 4.69) is 11.4 Å². The summed E-state index contributed by atoms with van der Waals surface area (Å²) < 4.78 is 34.0. The molecule has 0 saturated heterocycles. The first-order valence-corrected chi connectivity index (χ1v) is 9.08. The van der Waals surface area contributed by atoms with Gasteiger partial charge in [-0.3, -0.25) is 4.68 Å². The van der Waals surface area contributed by atoms with Gasteiger partial charge < -0.3 is 10.1 Å². The monoisotopic (exact) mass is 367 g/mol. The molecule has 2 heterocycles. The number of nitrogens with zero attached hydrogens (tertiary/aromatic N) is 2. The summed E-state index contributed by atoms with van der Waals surface area (Å²) in [4.78, 5) is 0. The minimum absolute atomic E-state index is 0.0215. The van der Waals surface area contributed by atoms with Gasteiger partial charge in [0.2, 0.25) is 0 Å². The molecule has 0 bridgehead atoms. The van der Waals surface area contributed by atoms with Crippen LogP contribution in [-0.2, 0) is 13.2 Å². The van der Waals surface area contributed by atoms with Crippen LogP contribution in [0.1, 0.15) is 17.7 Å². The molecule has 1 aliphatic heterocycles. The van der Waals surface area contributed by atoms with Gasteiger partial charge in [-0.05, 0) is 12.1 Å². The normalized spacial score (nSPS) is 19.4. The number of aromatic nitrogens is 2.